The first-order valence-electron chi connectivity index (χ1n) is 8.87. The molecule has 28 heavy (non-hydrogen) atoms. The fourth-order valence-electron chi connectivity index (χ4n) is 3.38. The highest BCUT2D eigenvalue weighted by Gasteiger charge is 2.36. The third-order valence-electron chi connectivity index (χ3n) is 4.97. The molecule has 2 aromatic carbocycles. The number of rotatable bonds is 4. The van der Waals surface area contributed by atoms with E-state index in [0.29, 0.717) is 33.8 Å². The van der Waals surface area contributed by atoms with E-state index in [-0.39, 0.29) is 31.1 Å². The van der Waals surface area contributed by atoms with E-state index in [2.05, 4.69) is 5.32 Å². The smallest absolute Gasteiger partial charge is 0.231 e. The summed E-state index contributed by atoms with van der Waals surface area (Å²) in [6.07, 6.45) is 0.161. The minimum Gasteiger partial charge on any atom is -0.454 e. The number of hydrogen-bond acceptors (Lipinski definition) is 4. The molecule has 4 rings (SSSR count). The van der Waals surface area contributed by atoms with Gasteiger partial charge in [0.1, 0.15) is 0 Å². The van der Waals surface area contributed by atoms with Gasteiger partial charge in [-0.05, 0) is 36.8 Å². The molecule has 1 saturated heterocycles. The Hall–Kier alpha value is -2.44. The van der Waals surface area contributed by atoms with Crippen LogP contribution in [0.15, 0.2) is 36.4 Å². The zero-order valence-electron chi connectivity index (χ0n) is 15.1. The average Bonchev–Trinajstić information content (AvgIpc) is 3.29. The molecule has 0 radical (unpaired) electrons. The first kappa shape index (κ1) is 18.9. The van der Waals surface area contributed by atoms with Gasteiger partial charge in [0.05, 0.1) is 22.0 Å². The van der Waals surface area contributed by atoms with Crippen molar-refractivity contribution in [3.8, 4) is 11.5 Å². The second kappa shape index (κ2) is 7.53. The molecule has 1 fully saturated rings. The lowest BCUT2D eigenvalue weighted by atomic mass is 10.0. The van der Waals surface area contributed by atoms with Crippen molar-refractivity contribution in [2.24, 2.45) is 5.92 Å². The van der Waals surface area contributed by atoms with E-state index < -0.39 is 5.92 Å². The lowest BCUT2D eigenvalue weighted by Gasteiger charge is -2.19. The van der Waals surface area contributed by atoms with Crippen molar-refractivity contribution in [3.63, 3.8) is 0 Å². The number of nitrogens with one attached hydrogen (secondary N) is 1. The summed E-state index contributed by atoms with van der Waals surface area (Å²) in [5.41, 5.74) is 1.54. The summed E-state index contributed by atoms with van der Waals surface area (Å²) in [5.74, 6) is 0.561. The summed E-state index contributed by atoms with van der Waals surface area (Å²) < 4.78 is 10.7. The molecule has 0 aromatic heterocycles. The topological polar surface area (TPSA) is 67.9 Å². The Morgan fingerprint density at radius 1 is 1.14 bits per heavy atom. The van der Waals surface area contributed by atoms with Crippen LogP contribution in [0.1, 0.15) is 24.9 Å². The highest BCUT2D eigenvalue weighted by Crippen LogP contribution is 2.37. The maximum Gasteiger partial charge on any atom is 0.231 e. The Labute approximate surface area is 172 Å². The number of nitrogens with zero attached hydrogens (tertiary/aromatic N) is 1. The number of halogens is 2. The molecule has 2 aliphatic rings. The Kier molecular flexibility index (Phi) is 5.08. The van der Waals surface area contributed by atoms with E-state index in [4.69, 9.17) is 32.7 Å². The normalized spacial score (nSPS) is 19.0. The SMILES string of the molecule is CC(NC(=O)C1CC(=O)N(c2ccc3c(c2)OCO3)C1)c1ccc(Cl)c(Cl)c1. The van der Waals surface area contributed by atoms with E-state index in [9.17, 15) is 9.59 Å². The lowest BCUT2D eigenvalue weighted by molar-refractivity contribution is -0.126. The maximum absolute atomic E-state index is 12.7. The Balaban J connectivity index is 1.43. The van der Waals surface area contributed by atoms with Crippen LogP contribution in [-0.2, 0) is 9.59 Å². The second-order valence-corrected chi connectivity index (χ2v) is 7.66. The lowest BCUT2D eigenvalue weighted by Crippen LogP contribution is -2.34. The average molecular weight is 421 g/mol. The largest absolute Gasteiger partial charge is 0.454 e. The Morgan fingerprint density at radius 3 is 2.71 bits per heavy atom. The highest BCUT2D eigenvalue weighted by molar-refractivity contribution is 6.42. The first-order valence-corrected chi connectivity index (χ1v) is 9.63. The van der Waals surface area contributed by atoms with Gasteiger partial charge in [-0.25, -0.2) is 0 Å². The van der Waals surface area contributed by atoms with E-state index >= 15 is 0 Å². The molecule has 2 aliphatic heterocycles. The van der Waals surface area contributed by atoms with Crippen LogP contribution in [0, 0.1) is 5.92 Å². The third-order valence-corrected chi connectivity index (χ3v) is 5.71. The van der Waals surface area contributed by atoms with Crippen molar-refractivity contribution in [3.05, 3.63) is 52.0 Å². The van der Waals surface area contributed by atoms with Crippen molar-refractivity contribution in [1.82, 2.24) is 5.32 Å². The molecule has 2 atom stereocenters. The van der Waals surface area contributed by atoms with Crippen LogP contribution in [0.25, 0.3) is 0 Å². The highest BCUT2D eigenvalue weighted by atomic mass is 35.5. The van der Waals surface area contributed by atoms with Gasteiger partial charge in [-0.15, -0.1) is 0 Å². The van der Waals surface area contributed by atoms with Gasteiger partial charge < -0.3 is 19.7 Å². The van der Waals surface area contributed by atoms with Gasteiger partial charge in [0.25, 0.3) is 0 Å². The van der Waals surface area contributed by atoms with Crippen LogP contribution < -0.4 is 19.7 Å². The van der Waals surface area contributed by atoms with E-state index in [1.54, 1.807) is 35.2 Å². The Morgan fingerprint density at radius 2 is 1.93 bits per heavy atom. The molecule has 2 amide bonds. The molecule has 1 N–H and O–H groups in total. The summed E-state index contributed by atoms with van der Waals surface area (Å²) in [6, 6.07) is 10.3. The summed E-state index contributed by atoms with van der Waals surface area (Å²) in [4.78, 5) is 26.8. The Bertz CT molecular complexity index is 950. The fraction of sp³-hybridized carbons (Fsp3) is 0.300. The number of carbonyl (C=O) groups excluding carboxylic acids is 2. The van der Waals surface area contributed by atoms with Gasteiger partial charge in [0.2, 0.25) is 18.6 Å². The van der Waals surface area contributed by atoms with Crippen LogP contribution in [0.4, 0.5) is 5.69 Å². The number of anilines is 1. The van der Waals surface area contributed by atoms with Gasteiger partial charge in [-0.1, -0.05) is 29.3 Å². The minimum atomic E-state index is -0.428. The molecule has 6 nitrogen and oxygen atoms in total. The van der Waals surface area contributed by atoms with E-state index in [1.807, 2.05) is 13.0 Å². The van der Waals surface area contributed by atoms with Crippen molar-refractivity contribution < 1.29 is 19.1 Å². The third kappa shape index (κ3) is 3.62. The molecule has 2 aromatic rings. The van der Waals surface area contributed by atoms with Crippen LogP contribution >= 0.6 is 23.2 Å². The van der Waals surface area contributed by atoms with Crippen molar-refractivity contribution in [2.45, 2.75) is 19.4 Å². The fourth-order valence-corrected chi connectivity index (χ4v) is 3.69. The number of carbonyl (C=O) groups is 2. The molecule has 0 spiro atoms. The molecule has 8 heteroatoms. The number of hydrogen-bond donors (Lipinski definition) is 1. The number of amides is 2. The molecule has 0 aliphatic carbocycles. The maximum atomic E-state index is 12.7. The standard InChI is InChI=1S/C20H18Cl2N2O4/c1-11(12-2-4-15(21)16(22)6-12)23-20(26)13-7-19(25)24(9-13)14-3-5-17-18(8-14)28-10-27-17/h2-6,8,11,13H,7,9-10H2,1H3,(H,23,26). The van der Waals surface area contributed by atoms with Crippen molar-refractivity contribution in [2.75, 3.05) is 18.2 Å². The second-order valence-electron chi connectivity index (χ2n) is 6.85. The van der Waals surface area contributed by atoms with Crippen LogP contribution in [0.2, 0.25) is 10.0 Å². The predicted octanol–water partition coefficient (Wildman–Crippen LogP) is 3.95. The molecule has 2 heterocycles. The molecule has 0 bridgehead atoms. The molecule has 2 unspecified atom stereocenters. The van der Waals surface area contributed by atoms with E-state index in [0.717, 1.165) is 5.56 Å². The van der Waals surface area contributed by atoms with Crippen LogP contribution in [-0.4, -0.2) is 25.2 Å². The summed E-state index contributed by atoms with van der Waals surface area (Å²) in [5, 5.41) is 3.85. The van der Waals surface area contributed by atoms with Gasteiger partial charge in [0.15, 0.2) is 11.5 Å². The number of ether oxygens (including phenoxy) is 2. The van der Waals surface area contributed by atoms with Crippen LogP contribution in [0.5, 0.6) is 11.5 Å². The first-order chi connectivity index (χ1) is 13.4. The summed E-state index contributed by atoms with van der Waals surface area (Å²) in [6.45, 7) is 2.35. The zero-order valence-corrected chi connectivity index (χ0v) is 16.6. The molecular formula is C20H18Cl2N2O4. The minimum absolute atomic E-state index is 0.0961. The van der Waals surface area contributed by atoms with Gasteiger partial charge in [-0.2, -0.15) is 0 Å². The molecule has 0 saturated carbocycles. The number of fused-ring (bicyclic) bond motifs is 1. The predicted molar refractivity (Wildman–Crippen MR) is 106 cm³/mol. The number of benzene rings is 2. The summed E-state index contributed by atoms with van der Waals surface area (Å²) >= 11 is 12.0. The monoisotopic (exact) mass is 420 g/mol. The van der Waals surface area contributed by atoms with Crippen LogP contribution in [0.3, 0.4) is 0 Å². The van der Waals surface area contributed by atoms with Gasteiger partial charge in [-0.3, -0.25) is 9.59 Å². The molecule has 146 valence electrons. The summed E-state index contributed by atoms with van der Waals surface area (Å²) in [7, 11) is 0. The van der Waals surface area contributed by atoms with E-state index in [1.165, 1.54) is 0 Å². The molecular weight excluding hydrogens is 403 g/mol. The van der Waals surface area contributed by atoms with Gasteiger partial charge >= 0.3 is 0 Å². The zero-order chi connectivity index (χ0) is 19.8. The van der Waals surface area contributed by atoms with Crippen molar-refractivity contribution in [1.29, 1.82) is 0 Å². The van der Waals surface area contributed by atoms with Crippen molar-refractivity contribution >= 4 is 40.7 Å². The quantitative estimate of drug-likeness (QED) is 0.812. The van der Waals surface area contributed by atoms with Gasteiger partial charge in [0, 0.05) is 24.7 Å².